The van der Waals surface area contributed by atoms with E-state index < -0.39 is 5.97 Å². The lowest BCUT2D eigenvalue weighted by atomic mass is 9.94. The molecule has 0 spiro atoms. The van der Waals surface area contributed by atoms with Gasteiger partial charge in [0.25, 0.3) is 0 Å². The molecule has 2 nitrogen and oxygen atoms in total. The van der Waals surface area contributed by atoms with E-state index in [0.29, 0.717) is 6.42 Å². The lowest BCUT2D eigenvalue weighted by Crippen LogP contribution is -1.96. The van der Waals surface area contributed by atoms with Gasteiger partial charge in [0.2, 0.25) is 0 Å². The van der Waals surface area contributed by atoms with E-state index in [2.05, 4.69) is 19.1 Å². The fraction of sp³-hybridized carbons (Fsp3) is 0.545. The average Bonchev–Trinajstić information content (AvgIpc) is 2.08. The van der Waals surface area contributed by atoms with Crippen LogP contribution in [0.1, 0.15) is 39.0 Å². The highest BCUT2D eigenvalue weighted by Gasteiger charge is 2.05. The third-order valence-corrected chi connectivity index (χ3v) is 2.36. The van der Waals surface area contributed by atoms with Crippen molar-refractivity contribution in [2.75, 3.05) is 0 Å². The highest BCUT2D eigenvalue weighted by molar-refractivity contribution is 5.66. The maximum absolute atomic E-state index is 10.3. The standard InChI is InChI=1S/C11H16O2/c1-9-5-2-3-6-10(9)7-4-8-11(12)13/h5,7H,2-4,6,8H2,1H3,(H,12,13)/b10-7+. The van der Waals surface area contributed by atoms with Crippen molar-refractivity contribution in [2.24, 2.45) is 0 Å². The maximum Gasteiger partial charge on any atom is 0.303 e. The minimum Gasteiger partial charge on any atom is -0.481 e. The van der Waals surface area contributed by atoms with Gasteiger partial charge in [-0.15, -0.1) is 0 Å². The van der Waals surface area contributed by atoms with Crippen LogP contribution in [-0.2, 0) is 4.79 Å². The number of hydrogen-bond acceptors (Lipinski definition) is 1. The molecular formula is C11H16O2. The van der Waals surface area contributed by atoms with Gasteiger partial charge in [0.15, 0.2) is 0 Å². The van der Waals surface area contributed by atoms with E-state index in [0.717, 1.165) is 6.42 Å². The normalized spacial score (nSPS) is 20.1. The van der Waals surface area contributed by atoms with Crippen LogP contribution in [0.4, 0.5) is 0 Å². The highest BCUT2D eigenvalue weighted by Crippen LogP contribution is 2.23. The van der Waals surface area contributed by atoms with Crippen molar-refractivity contribution in [3.8, 4) is 0 Å². The minimum atomic E-state index is -0.714. The van der Waals surface area contributed by atoms with Crippen LogP contribution in [0.2, 0.25) is 0 Å². The Bertz CT molecular complexity index is 249. The Morgan fingerprint density at radius 1 is 1.69 bits per heavy atom. The molecule has 0 radical (unpaired) electrons. The Labute approximate surface area is 79.0 Å². The van der Waals surface area contributed by atoms with E-state index in [1.807, 2.05) is 0 Å². The molecule has 0 heterocycles. The van der Waals surface area contributed by atoms with Crippen molar-refractivity contribution < 1.29 is 9.90 Å². The van der Waals surface area contributed by atoms with E-state index in [-0.39, 0.29) is 6.42 Å². The first-order valence-corrected chi connectivity index (χ1v) is 4.78. The summed E-state index contributed by atoms with van der Waals surface area (Å²) in [7, 11) is 0. The molecular weight excluding hydrogens is 164 g/mol. The Kier molecular flexibility index (Phi) is 3.74. The second-order valence-corrected chi connectivity index (χ2v) is 3.44. The summed E-state index contributed by atoms with van der Waals surface area (Å²) in [4.78, 5) is 10.3. The average molecular weight is 180 g/mol. The van der Waals surface area contributed by atoms with Gasteiger partial charge in [-0.25, -0.2) is 0 Å². The van der Waals surface area contributed by atoms with E-state index >= 15 is 0 Å². The zero-order valence-electron chi connectivity index (χ0n) is 8.05. The van der Waals surface area contributed by atoms with Gasteiger partial charge in [0.1, 0.15) is 0 Å². The first-order chi connectivity index (χ1) is 6.20. The number of carbonyl (C=O) groups is 1. The molecule has 0 aliphatic heterocycles. The molecule has 0 aromatic carbocycles. The maximum atomic E-state index is 10.3. The number of rotatable bonds is 3. The zero-order valence-corrected chi connectivity index (χ0v) is 8.05. The third kappa shape index (κ3) is 3.45. The van der Waals surface area contributed by atoms with Crippen LogP contribution < -0.4 is 0 Å². The molecule has 0 atom stereocenters. The predicted octanol–water partition coefficient (Wildman–Crippen LogP) is 2.91. The number of hydrogen-bond donors (Lipinski definition) is 1. The molecule has 13 heavy (non-hydrogen) atoms. The van der Waals surface area contributed by atoms with Crippen LogP contribution in [0.25, 0.3) is 0 Å². The number of allylic oxidation sites excluding steroid dienone is 4. The molecule has 0 saturated carbocycles. The molecule has 0 saturated heterocycles. The van der Waals surface area contributed by atoms with Gasteiger partial charge < -0.3 is 5.11 Å². The van der Waals surface area contributed by atoms with Gasteiger partial charge in [-0.2, -0.15) is 0 Å². The van der Waals surface area contributed by atoms with Crippen LogP contribution in [0, 0.1) is 0 Å². The summed E-state index contributed by atoms with van der Waals surface area (Å²) in [5.41, 5.74) is 2.67. The lowest BCUT2D eigenvalue weighted by Gasteiger charge is -2.12. The molecule has 1 N–H and O–H groups in total. The minimum absolute atomic E-state index is 0.247. The van der Waals surface area contributed by atoms with Gasteiger partial charge in [0, 0.05) is 6.42 Å². The van der Waals surface area contributed by atoms with Gasteiger partial charge >= 0.3 is 5.97 Å². The van der Waals surface area contributed by atoms with Gasteiger partial charge in [0.05, 0.1) is 0 Å². The van der Waals surface area contributed by atoms with Crippen LogP contribution >= 0.6 is 0 Å². The van der Waals surface area contributed by atoms with Gasteiger partial charge in [-0.05, 0) is 38.2 Å². The summed E-state index contributed by atoms with van der Waals surface area (Å²) < 4.78 is 0. The predicted molar refractivity (Wildman–Crippen MR) is 52.6 cm³/mol. The SMILES string of the molecule is CC1=CCCC/C1=C\CCC(=O)O. The summed E-state index contributed by atoms with van der Waals surface area (Å²) >= 11 is 0. The highest BCUT2D eigenvalue weighted by atomic mass is 16.4. The molecule has 0 fully saturated rings. The summed E-state index contributed by atoms with van der Waals surface area (Å²) in [5, 5.41) is 8.46. The van der Waals surface area contributed by atoms with Crippen molar-refractivity contribution in [2.45, 2.75) is 39.0 Å². The van der Waals surface area contributed by atoms with Crippen LogP contribution in [0.5, 0.6) is 0 Å². The molecule has 1 aliphatic rings. The quantitative estimate of drug-likeness (QED) is 0.725. The lowest BCUT2D eigenvalue weighted by molar-refractivity contribution is -0.136. The van der Waals surface area contributed by atoms with E-state index in [9.17, 15) is 4.79 Å². The first kappa shape index (κ1) is 10.0. The number of carboxylic acids is 1. The molecule has 2 heteroatoms. The van der Waals surface area contributed by atoms with Crippen molar-refractivity contribution >= 4 is 5.97 Å². The number of carboxylic acid groups (broad SMARTS) is 1. The smallest absolute Gasteiger partial charge is 0.303 e. The second-order valence-electron chi connectivity index (χ2n) is 3.44. The van der Waals surface area contributed by atoms with Gasteiger partial charge in [-0.1, -0.05) is 17.7 Å². The first-order valence-electron chi connectivity index (χ1n) is 4.78. The van der Waals surface area contributed by atoms with Crippen molar-refractivity contribution in [1.82, 2.24) is 0 Å². The molecule has 1 aliphatic carbocycles. The topological polar surface area (TPSA) is 37.3 Å². The Morgan fingerprint density at radius 2 is 2.46 bits per heavy atom. The summed E-state index contributed by atoms with van der Waals surface area (Å²) in [6.45, 7) is 2.10. The van der Waals surface area contributed by atoms with Crippen molar-refractivity contribution in [1.29, 1.82) is 0 Å². The van der Waals surface area contributed by atoms with Crippen LogP contribution in [-0.4, -0.2) is 11.1 Å². The van der Waals surface area contributed by atoms with Crippen LogP contribution in [0.3, 0.4) is 0 Å². The molecule has 0 bridgehead atoms. The zero-order chi connectivity index (χ0) is 9.68. The van der Waals surface area contributed by atoms with E-state index in [1.165, 1.54) is 24.0 Å². The fourth-order valence-electron chi connectivity index (χ4n) is 1.57. The van der Waals surface area contributed by atoms with Gasteiger partial charge in [-0.3, -0.25) is 4.79 Å². The largest absolute Gasteiger partial charge is 0.481 e. The fourth-order valence-corrected chi connectivity index (χ4v) is 1.57. The van der Waals surface area contributed by atoms with Crippen LogP contribution in [0.15, 0.2) is 23.3 Å². The Hall–Kier alpha value is -1.05. The summed E-state index contributed by atoms with van der Waals surface area (Å²) in [6.07, 6.45) is 8.70. The summed E-state index contributed by atoms with van der Waals surface area (Å²) in [6, 6.07) is 0. The molecule has 0 amide bonds. The summed E-state index contributed by atoms with van der Waals surface area (Å²) in [5.74, 6) is -0.714. The molecule has 1 rings (SSSR count). The molecule has 0 aromatic heterocycles. The molecule has 0 aromatic rings. The second kappa shape index (κ2) is 4.85. The third-order valence-electron chi connectivity index (χ3n) is 2.36. The number of aliphatic carboxylic acids is 1. The monoisotopic (exact) mass is 180 g/mol. The van der Waals surface area contributed by atoms with E-state index in [4.69, 9.17) is 5.11 Å². The molecule has 0 unspecified atom stereocenters. The molecule has 72 valence electrons. The Morgan fingerprint density at radius 3 is 3.08 bits per heavy atom. The van der Waals surface area contributed by atoms with Crippen molar-refractivity contribution in [3.63, 3.8) is 0 Å². The van der Waals surface area contributed by atoms with Crippen molar-refractivity contribution in [3.05, 3.63) is 23.3 Å². The van der Waals surface area contributed by atoms with E-state index in [1.54, 1.807) is 0 Å². The Balaban J connectivity index is 2.45.